The quantitative estimate of drug-likeness (QED) is 0.930. The summed E-state index contributed by atoms with van der Waals surface area (Å²) in [7, 11) is -1.66. The molecule has 2 rings (SSSR count). The number of pyridine rings is 1. The van der Waals surface area contributed by atoms with Crippen molar-refractivity contribution in [3.63, 3.8) is 0 Å². The molecule has 20 heavy (non-hydrogen) atoms. The molecular weight excluding hydrogens is 274 g/mol. The van der Waals surface area contributed by atoms with Gasteiger partial charge in [-0.2, -0.15) is 4.31 Å². The lowest BCUT2D eigenvalue weighted by Crippen LogP contribution is -2.32. The van der Waals surface area contributed by atoms with Crippen molar-refractivity contribution >= 4 is 15.8 Å². The van der Waals surface area contributed by atoms with Crippen LogP contribution in [0, 0.1) is 5.41 Å². The average molecular weight is 297 g/mol. The van der Waals surface area contributed by atoms with Crippen LogP contribution in [0.25, 0.3) is 0 Å². The molecule has 6 heteroatoms. The fraction of sp³-hybridized carbons (Fsp3) is 0.643. The Morgan fingerprint density at radius 1 is 1.25 bits per heavy atom. The van der Waals surface area contributed by atoms with Gasteiger partial charge in [0, 0.05) is 26.3 Å². The standard InChI is InChI=1S/C14H23N3O2S/c1-14(2)7-4-9-17(10-8-14)20(18,19)12-5-6-13(15-3)16-11-12/h5-6,11H,4,7-10H2,1-3H3,(H,15,16). The molecule has 0 bridgehead atoms. The van der Waals surface area contributed by atoms with Crippen molar-refractivity contribution < 1.29 is 8.42 Å². The van der Waals surface area contributed by atoms with Crippen molar-refractivity contribution in [1.29, 1.82) is 0 Å². The number of nitrogens with zero attached hydrogens (tertiary/aromatic N) is 2. The fourth-order valence-corrected chi connectivity index (χ4v) is 3.89. The second kappa shape index (κ2) is 5.69. The average Bonchev–Trinajstić information content (AvgIpc) is 2.60. The van der Waals surface area contributed by atoms with Gasteiger partial charge in [0.1, 0.15) is 10.7 Å². The Morgan fingerprint density at radius 2 is 2.00 bits per heavy atom. The molecule has 1 N–H and O–H groups in total. The van der Waals surface area contributed by atoms with E-state index in [9.17, 15) is 8.42 Å². The first-order valence-electron chi connectivity index (χ1n) is 6.99. The molecule has 0 aromatic carbocycles. The molecule has 1 fully saturated rings. The molecule has 5 nitrogen and oxygen atoms in total. The molecule has 0 spiro atoms. The zero-order valence-electron chi connectivity index (χ0n) is 12.4. The van der Waals surface area contributed by atoms with E-state index in [2.05, 4.69) is 24.1 Å². The Balaban J connectivity index is 2.20. The van der Waals surface area contributed by atoms with E-state index in [1.807, 2.05) is 0 Å². The SMILES string of the molecule is CNc1ccc(S(=O)(=O)N2CCCC(C)(C)CC2)cn1. The van der Waals surface area contributed by atoms with Gasteiger partial charge in [0.2, 0.25) is 10.0 Å². The maximum Gasteiger partial charge on any atom is 0.244 e. The van der Waals surface area contributed by atoms with Crippen LogP contribution in [0.4, 0.5) is 5.82 Å². The van der Waals surface area contributed by atoms with Crippen molar-refractivity contribution in [2.45, 2.75) is 38.0 Å². The molecule has 0 amide bonds. The number of aromatic nitrogens is 1. The normalized spacial score (nSPS) is 20.4. The lowest BCUT2D eigenvalue weighted by atomic mass is 9.85. The second-order valence-electron chi connectivity index (χ2n) is 6.05. The van der Waals surface area contributed by atoms with Gasteiger partial charge in [-0.1, -0.05) is 13.8 Å². The summed E-state index contributed by atoms with van der Waals surface area (Å²) < 4.78 is 26.8. The molecule has 0 unspecified atom stereocenters. The zero-order chi connectivity index (χ0) is 14.8. The van der Waals surface area contributed by atoms with E-state index in [4.69, 9.17) is 0 Å². The van der Waals surface area contributed by atoms with Crippen molar-refractivity contribution in [2.24, 2.45) is 5.41 Å². The third-order valence-corrected chi connectivity index (χ3v) is 5.81. The molecular formula is C14H23N3O2S. The Hall–Kier alpha value is -1.14. The lowest BCUT2D eigenvalue weighted by Gasteiger charge is -2.23. The van der Waals surface area contributed by atoms with Crippen molar-refractivity contribution in [3.8, 4) is 0 Å². The summed E-state index contributed by atoms with van der Waals surface area (Å²) in [6.45, 7) is 5.58. The highest BCUT2D eigenvalue weighted by molar-refractivity contribution is 7.89. The predicted molar refractivity (Wildman–Crippen MR) is 80.2 cm³/mol. The second-order valence-corrected chi connectivity index (χ2v) is 7.99. The number of rotatable bonds is 3. The minimum Gasteiger partial charge on any atom is -0.373 e. The van der Waals surface area contributed by atoms with E-state index in [-0.39, 0.29) is 10.3 Å². The minimum absolute atomic E-state index is 0.221. The van der Waals surface area contributed by atoms with E-state index in [1.54, 1.807) is 23.5 Å². The number of hydrogen-bond donors (Lipinski definition) is 1. The predicted octanol–water partition coefficient (Wildman–Crippen LogP) is 2.32. The zero-order valence-corrected chi connectivity index (χ0v) is 13.2. The number of nitrogens with one attached hydrogen (secondary N) is 1. The first kappa shape index (κ1) is 15.3. The molecule has 1 aliphatic rings. The highest BCUT2D eigenvalue weighted by atomic mass is 32.2. The maximum absolute atomic E-state index is 12.6. The van der Waals surface area contributed by atoms with E-state index < -0.39 is 10.0 Å². The van der Waals surface area contributed by atoms with Gasteiger partial charge in [0.05, 0.1) is 0 Å². The summed E-state index contributed by atoms with van der Waals surface area (Å²) in [6, 6.07) is 3.30. The van der Waals surface area contributed by atoms with E-state index in [0.717, 1.165) is 19.3 Å². The molecule has 1 aromatic heterocycles. The summed E-state index contributed by atoms with van der Waals surface area (Å²) in [5, 5.41) is 2.89. The van der Waals surface area contributed by atoms with Gasteiger partial charge in [-0.15, -0.1) is 0 Å². The van der Waals surface area contributed by atoms with Crippen LogP contribution in [-0.2, 0) is 10.0 Å². The Morgan fingerprint density at radius 3 is 2.60 bits per heavy atom. The van der Waals surface area contributed by atoms with Crippen LogP contribution in [0.5, 0.6) is 0 Å². The summed E-state index contributed by atoms with van der Waals surface area (Å²) in [6.07, 6.45) is 4.30. The number of hydrogen-bond acceptors (Lipinski definition) is 4. The molecule has 112 valence electrons. The van der Waals surface area contributed by atoms with Gasteiger partial charge in [-0.3, -0.25) is 0 Å². The van der Waals surface area contributed by atoms with Crippen LogP contribution in [0.1, 0.15) is 33.1 Å². The van der Waals surface area contributed by atoms with Crippen LogP contribution in [-0.4, -0.2) is 37.8 Å². The molecule has 0 atom stereocenters. The summed E-state index contributed by atoms with van der Waals surface area (Å²) in [5.41, 5.74) is 0.221. The molecule has 1 aliphatic heterocycles. The van der Waals surface area contributed by atoms with Gasteiger partial charge in [0.25, 0.3) is 0 Å². The highest BCUT2D eigenvalue weighted by Gasteiger charge is 2.30. The minimum atomic E-state index is -3.42. The molecule has 0 saturated carbocycles. The van der Waals surface area contributed by atoms with Gasteiger partial charge >= 0.3 is 0 Å². The van der Waals surface area contributed by atoms with Crippen molar-refractivity contribution in [3.05, 3.63) is 18.3 Å². The van der Waals surface area contributed by atoms with Crippen molar-refractivity contribution in [1.82, 2.24) is 9.29 Å². The lowest BCUT2D eigenvalue weighted by molar-refractivity contribution is 0.315. The first-order chi connectivity index (χ1) is 9.35. The van der Waals surface area contributed by atoms with Crippen LogP contribution in [0.2, 0.25) is 0 Å². The van der Waals surface area contributed by atoms with Gasteiger partial charge < -0.3 is 5.32 Å². The first-order valence-corrected chi connectivity index (χ1v) is 8.43. The largest absolute Gasteiger partial charge is 0.373 e. The van der Waals surface area contributed by atoms with Gasteiger partial charge in [-0.05, 0) is 36.8 Å². The molecule has 1 saturated heterocycles. The Labute approximate surface area is 121 Å². The van der Waals surface area contributed by atoms with E-state index in [1.165, 1.54) is 6.20 Å². The highest BCUT2D eigenvalue weighted by Crippen LogP contribution is 2.31. The summed E-state index contributed by atoms with van der Waals surface area (Å²) in [4.78, 5) is 4.37. The van der Waals surface area contributed by atoms with Crippen LogP contribution in [0.3, 0.4) is 0 Å². The third-order valence-electron chi connectivity index (χ3n) is 3.93. The molecule has 0 aliphatic carbocycles. The maximum atomic E-state index is 12.6. The number of anilines is 1. The van der Waals surface area contributed by atoms with E-state index in [0.29, 0.717) is 18.9 Å². The number of sulfonamides is 1. The smallest absolute Gasteiger partial charge is 0.244 e. The van der Waals surface area contributed by atoms with Gasteiger partial charge in [0.15, 0.2) is 0 Å². The monoisotopic (exact) mass is 297 g/mol. The Kier molecular flexibility index (Phi) is 4.34. The van der Waals surface area contributed by atoms with Gasteiger partial charge in [-0.25, -0.2) is 13.4 Å². The van der Waals surface area contributed by atoms with Crippen molar-refractivity contribution in [2.75, 3.05) is 25.5 Å². The molecule has 2 heterocycles. The Bertz CT molecular complexity index is 552. The molecule has 0 radical (unpaired) electrons. The van der Waals surface area contributed by atoms with Crippen LogP contribution >= 0.6 is 0 Å². The van der Waals surface area contributed by atoms with Crippen LogP contribution in [0.15, 0.2) is 23.2 Å². The molecule has 1 aromatic rings. The fourth-order valence-electron chi connectivity index (χ4n) is 2.47. The summed E-state index contributed by atoms with van der Waals surface area (Å²) in [5.74, 6) is 0.668. The third kappa shape index (κ3) is 3.30. The van der Waals surface area contributed by atoms with E-state index >= 15 is 0 Å². The van der Waals surface area contributed by atoms with Crippen LogP contribution < -0.4 is 5.32 Å². The topological polar surface area (TPSA) is 62.3 Å². The summed E-state index contributed by atoms with van der Waals surface area (Å²) >= 11 is 0.